The van der Waals surface area contributed by atoms with Crippen molar-refractivity contribution in [2.75, 3.05) is 13.2 Å². The summed E-state index contributed by atoms with van der Waals surface area (Å²) in [5.74, 6) is 1.52. The lowest BCUT2D eigenvalue weighted by atomic mass is 10.1. The quantitative estimate of drug-likeness (QED) is 0.452. The van der Waals surface area contributed by atoms with Crippen molar-refractivity contribution in [2.24, 2.45) is 11.7 Å². The van der Waals surface area contributed by atoms with Crippen molar-refractivity contribution in [3.8, 4) is 5.75 Å². The monoisotopic (exact) mass is 411 g/mol. The molecular weight excluding hydrogens is 386 g/mol. The van der Waals surface area contributed by atoms with E-state index in [0.29, 0.717) is 18.9 Å². The molecule has 1 aliphatic heterocycles. The minimum atomic E-state index is -0.421. The van der Waals surface area contributed by atoms with Gasteiger partial charge in [0.05, 0.1) is 5.25 Å². The summed E-state index contributed by atoms with van der Waals surface area (Å²) in [4.78, 5) is 13.1. The van der Waals surface area contributed by atoms with E-state index in [1.54, 1.807) is 11.8 Å². The van der Waals surface area contributed by atoms with Gasteiger partial charge in [-0.15, -0.1) is 11.8 Å². The number of benzene rings is 2. The van der Waals surface area contributed by atoms with Gasteiger partial charge in [-0.05, 0) is 42.9 Å². The number of nitrogens with one attached hydrogen (secondary N) is 2. The van der Waals surface area contributed by atoms with Crippen molar-refractivity contribution >= 4 is 23.7 Å². The van der Waals surface area contributed by atoms with E-state index in [-0.39, 0.29) is 17.7 Å². The zero-order valence-electron chi connectivity index (χ0n) is 16.1. The number of rotatable bonds is 8. The maximum absolute atomic E-state index is 12.0. The standard InChI is InChI=1S/C22H25N3O3S/c23-21(24)20-11-16-17(7-4-8-19(16)29-20)28-18(15-5-2-1-3-6-15)13-27-22(26)25-12-14-9-10-14/h1-8,14,18,20H,9-13H2,(H3,23,24)(H,25,26). The molecule has 1 fully saturated rings. The maximum Gasteiger partial charge on any atom is 0.407 e. The molecule has 4 rings (SSSR count). The molecule has 0 bridgehead atoms. The Balaban J connectivity index is 1.47. The van der Waals surface area contributed by atoms with E-state index in [0.717, 1.165) is 21.8 Å². The van der Waals surface area contributed by atoms with Gasteiger partial charge in [0.2, 0.25) is 0 Å². The number of ether oxygens (including phenoxy) is 2. The maximum atomic E-state index is 12.0. The Morgan fingerprint density at radius 1 is 1.21 bits per heavy atom. The van der Waals surface area contributed by atoms with E-state index in [4.69, 9.17) is 20.6 Å². The van der Waals surface area contributed by atoms with Crippen molar-refractivity contribution < 1.29 is 14.3 Å². The second-order valence-electron chi connectivity index (χ2n) is 7.44. The molecule has 1 saturated carbocycles. The van der Waals surface area contributed by atoms with Crippen LogP contribution in [0.4, 0.5) is 4.79 Å². The van der Waals surface area contributed by atoms with Crippen LogP contribution in [-0.4, -0.2) is 30.3 Å². The van der Waals surface area contributed by atoms with Gasteiger partial charge in [-0.25, -0.2) is 4.79 Å². The van der Waals surface area contributed by atoms with E-state index in [1.165, 1.54) is 12.8 Å². The highest BCUT2D eigenvalue weighted by molar-refractivity contribution is 8.01. The van der Waals surface area contributed by atoms with Crippen LogP contribution < -0.4 is 15.8 Å². The fourth-order valence-electron chi connectivity index (χ4n) is 3.29. The summed E-state index contributed by atoms with van der Waals surface area (Å²) in [6.07, 6.45) is 2.18. The number of alkyl carbamates (subject to hydrolysis) is 1. The lowest BCUT2D eigenvalue weighted by Gasteiger charge is -2.21. The number of nitrogens with two attached hydrogens (primary N) is 1. The van der Waals surface area contributed by atoms with E-state index in [9.17, 15) is 4.79 Å². The third kappa shape index (κ3) is 5.03. The molecule has 29 heavy (non-hydrogen) atoms. The largest absolute Gasteiger partial charge is 0.482 e. The van der Waals surface area contributed by atoms with Crippen LogP contribution in [0.1, 0.15) is 30.1 Å². The Kier molecular flexibility index (Phi) is 5.94. The minimum absolute atomic E-state index is 0.0608. The molecule has 0 aromatic heterocycles. The minimum Gasteiger partial charge on any atom is -0.482 e. The first kappa shape index (κ1) is 19.6. The second kappa shape index (κ2) is 8.78. The molecule has 1 aliphatic carbocycles. The molecule has 2 atom stereocenters. The predicted octanol–water partition coefficient (Wildman–Crippen LogP) is 3.90. The van der Waals surface area contributed by atoms with E-state index in [2.05, 4.69) is 5.32 Å². The van der Waals surface area contributed by atoms with Gasteiger partial charge in [-0.1, -0.05) is 36.4 Å². The fourth-order valence-corrected chi connectivity index (χ4v) is 4.46. The van der Waals surface area contributed by atoms with Crippen LogP contribution in [0, 0.1) is 11.3 Å². The number of fused-ring (bicyclic) bond motifs is 1. The first-order chi connectivity index (χ1) is 14.1. The van der Waals surface area contributed by atoms with Crippen molar-refractivity contribution in [3.63, 3.8) is 0 Å². The SMILES string of the molecule is N=C(N)C1Cc2c(OC(COC(=O)NCC3CC3)c3ccccc3)cccc2S1. The normalized spacial score (nSPS) is 18.6. The van der Waals surface area contributed by atoms with Crippen LogP contribution >= 0.6 is 11.8 Å². The summed E-state index contributed by atoms with van der Waals surface area (Å²) in [6, 6.07) is 15.6. The molecule has 1 amide bonds. The number of hydrogen-bond acceptors (Lipinski definition) is 5. The van der Waals surface area contributed by atoms with E-state index < -0.39 is 12.2 Å². The summed E-state index contributed by atoms with van der Waals surface area (Å²) in [5, 5.41) is 10.5. The van der Waals surface area contributed by atoms with Crippen LogP contribution in [0.25, 0.3) is 0 Å². The summed E-state index contributed by atoms with van der Waals surface area (Å²) in [7, 11) is 0. The topological polar surface area (TPSA) is 97.4 Å². The summed E-state index contributed by atoms with van der Waals surface area (Å²) in [6.45, 7) is 0.791. The van der Waals surface area contributed by atoms with Gasteiger partial charge >= 0.3 is 6.09 Å². The Morgan fingerprint density at radius 3 is 2.72 bits per heavy atom. The molecule has 0 spiro atoms. The number of carbonyl (C=O) groups is 1. The number of amides is 1. The van der Waals surface area contributed by atoms with E-state index >= 15 is 0 Å². The van der Waals surface area contributed by atoms with Gasteiger partial charge in [-0.2, -0.15) is 0 Å². The number of carbonyl (C=O) groups excluding carboxylic acids is 1. The van der Waals surface area contributed by atoms with Crippen molar-refractivity contribution in [1.29, 1.82) is 5.41 Å². The summed E-state index contributed by atoms with van der Waals surface area (Å²) < 4.78 is 11.8. The van der Waals surface area contributed by atoms with Crippen LogP contribution in [-0.2, 0) is 11.2 Å². The van der Waals surface area contributed by atoms with Gasteiger partial charge in [0.25, 0.3) is 0 Å². The van der Waals surface area contributed by atoms with Crippen molar-refractivity contribution in [1.82, 2.24) is 5.32 Å². The number of thioether (sulfide) groups is 1. The summed E-state index contributed by atoms with van der Waals surface area (Å²) >= 11 is 1.59. The molecular formula is C22H25N3O3S. The van der Waals surface area contributed by atoms with Gasteiger partial charge in [-0.3, -0.25) is 5.41 Å². The molecule has 2 aromatic rings. The Hall–Kier alpha value is -2.67. The molecule has 152 valence electrons. The third-order valence-electron chi connectivity index (χ3n) is 5.13. The first-order valence-corrected chi connectivity index (χ1v) is 10.7. The first-order valence-electron chi connectivity index (χ1n) is 9.85. The molecule has 7 heteroatoms. The fraction of sp³-hybridized carbons (Fsp3) is 0.364. The molecule has 4 N–H and O–H groups in total. The smallest absolute Gasteiger partial charge is 0.407 e. The van der Waals surface area contributed by atoms with Crippen LogP contribution in [0.15, 0.2) is 53.4 Å². The van der Waals surface area contributed by atoms with E-state index in [1.807, 2.05) is 48.5 Å². The molecule has 2 aliphatic rings. The number of amidine groups is 1. The molecule has 6 nitrogen and oxygen atoms in total. The lowest BCUT2D eigenvalue weighted by molar-refractivity contribution is 0.0810. The summed E-state index contributed by atoms with van der Waals surface area (Å²) in [5.41, 5.74) is 7.70. The lowest BCUT2D eigenvalue weighted by Crippen LogP contribution is -2.29. The highest BCUT2D eigenvalue weighted by Gasteiger charge is 2.29. The third-order valence-corrected chi connectivity index (χ3v) is 6.48. The van der Waals surface area contributed by atoms with Gasteiger partial charge in [0.15, 0.2) is 6.10 Å². The van der Waals surface area contributed by atoms with Crippen LogP contribution in [0.5, 0.6) is 5.75 Å². The number of hydrogen-bond donors (Lipinski definition) is 3. The van der Waals surface area contributed by atoms with Gasteiger partial charge < -0.3 is 20.5 Å². The zero-order chi connectivity index (χ0) is 20.2. The molecule has 1 heterocycles. The van der Waals surface area contributed by atoms with Crippen molar-refractivity contribution in [2.45, 2.75) is 35.5 Å². The van der Waals surface area contributed by atoms with Gasteiger partial charge in [0.1, 0.15) is 18.2 Å². The van der Waals surface area contributed by atoms with Gasteiger partial charge in [0, 0.05) is 17.0 Å². The second-order valence-corrected chi connectivity index (χ2v) is 8.68. The molecule has 2 unspecified atom stereocenters. The predicted molar refractivity (Wildman–Crippen MR) is 114 cm³/mol. The molecule has 0 saturated heterocycles. The average Bonchev–Trinajstić information content (AvgIpc) is 3.45. The molecule has 0 radical (unpaired) electrons. The average molecular weight is 412 g/mol. The Morgan fingerprint density at radius 2 is 2.00 bits per heavy atom. The zero-order valence-corrected chi connectivity index (χ0v) is 16.9. The van der Waals surface area contributed by atoms with Crippen LogP contribution in [0.3, 0.4) is 0 Å². The highest BCUT2D eigenvalue weighted by atomic mass is 32.2. The highest BCUT2D eigenvalue weighted by Crippen LogP contribution is 2.42. The van der Waals surface area contributed by atoms with Crippen LogP contribution in [0.2, 0.25) is 0 Å². The van der Waals surface area contributed by atoms with Crippen molar-refractivity contribution in [3.05, 3.63) is 59.7 Å². The molecule has 2 aromatic carbocycles. The Bertz CT molecular complexity index is 886. The Labute approximate surface area is 174 Å².